The van der Waals surface area contributed by atoms with Gasteiger partial charge < -0.3 is 9.73 Å². The molecule has 2 aromatic rings. The minimum atomic E-state index is -0.328. The number of carbonyl (C=O) groups is 1. The summed E-state index contributed by atoms with van der Waals surface area (Å²) in [6, 6.07) is 0. The average molecular weight is 220 g/mol. The monoisotopic (exact) mass is 220 g/mol. The van der Waals surface area contributed by atoms with Gasteiger partial charge in [0.25, 0.3) is 5.91 Å². The Bertz CT molecular complexity index is 527. The molecule has 0 radical (unpaired) electrons. The van der Waals surface area contributed by atoms with E-state index in [0.717, 1.165) is 5.56 Å². The number of nitrogens with one attached hydrogen (secondary N) is 2. The Morgan fingerprint density at radius 3 is 2.69 bits per heavy atom. The van der Waals surface area contributed by atoms with Gasteiger partial charge in [-0.25, -0.2) is 4.98 Å². The fourth-order valence-electron chi connectivity index (χ4n) is 1.39. The van der Waals surface area contributed by atoms with E-state index < -0.39 is 0 Å². The Labute approximate surface area is 92.1 Å². The van der Waals surface area contributed by atoms with E-state index in [0.29, 0.717) is 17.4 Å². The molecule has 0 atom stereocenters. The molecule has 0 fully saturated rings. The summed E-state index contributed by atoms with van der Waals surface area (Å²) >= 11 is 0. The predicted molar refractivity (Wildman–Crippen MR) is 57.3 cm³/mol. The van der Waals surface area contributed by atoms with Crippen molar-refractivity contribution in [2.24, 2.45) is 0 Å². The second kappa shape index (κ2) is 3.80. The van der Waals surface area contributed by atoms with Crippen molar-refractivity contribution in [3.8, 4) is 0 Å². The van der Waals surface area contributed by atoms with Crippen LogP contribution in [0.15, 0.2) is 10.6 Å². The van der Waals surface area contributed by atoms with Gasteiger partial charge in [-0.3, -0.25) is 9.89 Å². The predicted octanol–water partition coefficient (Wildman–Crippen LogP) is 1.58. The first-order valence-electron chi connectivity index (χ1n) is 4.83. The molecule has 6 heteroatoms. The van der Waals surface area contributed by atoms with E-state index in [1.165, 1.54) is 0 Å². The van der Waals surface area contributed by atoms with Crippen LogP contribution in [0.1, 0.15) is 27.7 Å². The number of anilines is 1. The van der Waals surface area contributed by atoms with Crippen molar-refractivity contribution in [3.63, 3.8) is 0 Å². The molecule has 0 aliphatic carbocycles. The molecule has 0 saturated heterocycles. The van der Waals surface area contributed by atoms with Crippen LogP contribution < -0.4 is 5.32 Å². The Balaban J connectivity index is 2.21. The van der Waals surface area contributed by atoms with Gasteiger partial charge in [-0.1, -0.05) is 0 Å². The van der Waals surface area contributed by atoms with Crippen LogP contribution in [-0.4, -0.2) is 21.1 Å². The van der Waals surface area contributed by atoms with E-state index in [1.807, 2.05) is 6.92 Å². The molecule has 2 aromatic heterocycles. The number of aryl methyl sites for hydroxylation is 3. The molecule has 1 amide bonds. The lowest BCUT2D eigenvalue weighted by atomic mass is 10.3. The van der Waals surface area contributed by atoms with E-state index >= 15 is 0 Å². The van der Waals surface area contributed by atoms with Crippen LogP contribution in [0.2, 0.25) is 0 Å². The number of oxazole rings is 1. The highest BCUT2D eigenvalue weighted by Gasteiger charge is 2.17. The van der Waals surface area contributed by atoms with Crippen LogP contribution in [0, 0.1) is 20.8 Å². The van der Waals surface area contributed by atoms with Gasteiger partial charge in [0.1, 0.15) is 5.82 Å². The third kappa shape index (κ3) is 1.81. The number of H-pyrrole nitrogens is 1. The molecular formula is C10H12N4O2. The van der Waals surface area contributed by atoms with Crippen molar-refractivity contribution in [2.75, 3.05) is 5.32 Å². The Kier molecular flexibility index (Phi) is 2.47. The zero-order valence-corrected chi connectivity index (χ0v) is 9.29. The largest absolute Gasteiger partial charge is 0.436 e. The van der Waals surface area contributed by atoms with Gasteiger partial charge in [-0.2, -0.15) is 5.10 Å². The van der Waals surface area contributed by atoms with Gasteiger partial charge in [-0.05, 0) is 13.8 Å². The highest BCUT2D eigenvalue weighted by Crippen LogP contribution is 2.14. The molecule has 0 saturated carbocycles. The minimum Gasteiger partial charge on any atom is -0.436 e. The molecule has 84 valence electrons. The summed E-state index contributed by atoms with van der Waals surface area (Å²) in [5.74, 6) is 0.944. The molecule has 6 nitrogen and oxygen atoms in total. The number of aromatic amines is 1. The summed E-state index contributed by atoms with van der Waals surface area (Å²) in [7, 11) is 0. The van der Waals surface area contributed by atoms with E-state index in [4.69, 9.17) is 4.42 Å². The van der Waals surface area contributed by atoms with Gasteiger partial charge in [0.2, 0.25) is 5.76 Å². The summed E-state index contributed by atoms with van der Waals surface area (Å²) in [6.45, 7) is 5.27. The smallest absolute Gasteiger partial charge is 0.294 e. The topological polar surface area (TPSA) is 83.8 Å². The van der Waals surface area contributed by atoms with Crippen LogP contribution in [0.4, 0.5) is 5.82 Å². The Morgan fingerprint density at radius 2 is 2.19 bits per heavy atom. The number of aromatic nitrogens is 3. The van der Waals surface area contributed by atoms with Gasteiger partial charge in [0, 0.05) is 12.5 Å². The molecule has 0 aliphatic rings. The van der Waals surface area contributed by atoms with Crippen molar-refractivity contribution in [1.29, 1.82) is 0 Å². The summed E-state index contributed by atoms with van der Waals surface area (Å²) in [4.78, 5) is 15.8. The fraction of sp³-hybridized carbons (Fsp3) is 0.300. The highest BCUT2D eigenvalue weighted by atomic mass is 16.4. The summed E-state index contributed by atoms with van der Waals surface area (Å²) in [6.07, 6.45) is 1.63. The quantitative estimate of drug-likeness (QED) is 0.804. The van der Waals surface area contributed by atoms with E-state index in [2.05, 4.69) is 20.5 Å². The molecule has 2 rings (SSSR count). The zero-order valence-electron chi connectivity index (χ0n) is 9.29. The fourth-order valence-corrected chi connectivity index (χ4v) is 1.39. The summed E-state index contributed by atoms with van der Waals surface area (Å²) in [5, 5.41) is 9.17. The van der Waals surface area contributed by atoms with Crippen LogP contribution in [0.25, 0.3) is 0 Å². The van der Waals surface area contributed by atoms with Crippen molar-refractivity contribution in [3.05, 3.63) is 29.1 Å². The molecule has 0 aliphatic heterocycles. The summed E-state index contributed by atoms with van der Waals surface area (Å²) < 4.78 is 5.21. The lowest BCUT2D eigenvalue weighted by Crippen LogP contribution is -2.13. The standard InChI is InChI=1S/C10H12N4O2/c1-5-4-11-14-9(5)13-10(15)8-6(2)12-7(3)16-8/h4H,1-3H3,(H2,11,13,14,15). The summed E-state index contributed by atoms with van der Waals surface area (Å²) in [5.41, 5.74) is 1.44. The molecular weight excluding hydrogens is 208 g/mol. The van der Waals surface area contributed by atoms with E-state index in [1.54, 1.807) is 20.0 Å². The molecule has 0 unspecified atom stereocenters. The maximum Gasteiger partial charge on any atom is 0.294 e. The number of carbonyl (C=O) groups excluding carboxylic acids is 1. The van der Waals surface area contributed by atoms with Crippen LogP contribution in [0.5, 0.6) is 0 Å². The van der Waals surface area contributed by atoms with E-state index in [9.17, 15) is 4.79 Å². The third-order valence-corrected chi connectivity index (χ3v) is 2.18. The van der Waals surface area contributed by atoms with Crippen molar-refractivity contribution in [1.82, 2.24) is 15.2 Å². The van der Waals surface area contributed by atoms with Gasteiger partial charge >= 0.3 is 0 Å². The van der Waals surface area contributed by atoms with Gasteiger partial charge in [0.05, 0.1) is 11.9 Å². The Morgan fingerprint density at radius 1 is 1.44 bits per heavy atom. The number of nitrogens with zero attached hydrogens (tertiary/aromatic N) is 2. The van der Waals surface area contributed by atoms with Gasteiger partial charge in [0.15, 0.2) is 5.89 Å². The SMILES string of the molecule is Cc1nc(C)c(C(=O)Nc2[nH]ncc2C)o1. The minimum absolute atomic E-state index is 0.228. The normalized spacial score (nSPS) is 10.4. The maximum atomic E-state index is 11.8. The number of hydrogen-bond donors (Lipinski definition) is 2. The zero-order chi connectivity index (χ0) is 11.7. The lowest BCUT2D eigenvalue weighted by Gasteiger charge is -2.00. The first kappa shape index (κ1) is 10.4. The molecule has 2 heterocycles. The number of amides is 1. The Hall–Kier alpha value is -2.11. The van der Waals surface area contributed by atoms with Crippen molar-refractivity contribution in [2.45, 2.75) is 20.8 Å². The lowest BCUT2D eigenvalue weighted by molar-refractivity contribution is 0.0994. The third-order valence-electron chi connectivity index (χ3n) is 2.18. The second-order valence-electron chi connectivity index (χ2n) is 3.53. The number of rotatable bonds is 2. The van der Waals surface area contributed by atoms with Crippen molar-refractivity contribution < 1.29 is 9.21 Å². The molecule has 16 heavy (non-hydrogen) atoms. The number of hydrogen-bond acceptors (Lipinski definition) is 4. The van der Waals surface area contributed by atoms with Gasteiger partial charge in [-0.15, -0.1) is 0 Å². The van der Waals surface area contributed by atoms with Crippen molar-refractivity contribution >= 4 is 11.7 Å². The second-order valence-corrected chi connectivity index (χ2v) is 3.53. The van der Waals surface area contributed by atoms with E-state index in [-0.39, 0.29) is 11.7 Å². The first-order chi connectivity index (χ1) is 7.58. The van der Waals surface area contributed by atoms with Crippen LogP contribution in [-0.2, 0) is 0 Å². The first-order valence-corrected chi connectivity index (χ1v) is 4.83. The molecule has 0 aromatic carbocycles. The molecule has 0 spiro atoms. The molecule has 2 N–H and O–H groups in total. The maximum absolute atomic E-state index is 11.8. The molecule has 0 bridgehead atoms. The average Bonchev–Trinajstić information content (AvgIpc) is 2.74. The highest BCUT2D eigenvalue weighted by molar-refractivity contribution is 6.02. The van der Waals surface area contributed by atoms with Crippen LogP contribution in [0.3, 0.4) is 0 Å². The van der Waals surface area contributed by atoms with Crippen LogP contribution >= 0.6 is 0 Å².